The van der Waals surface area contributed by atoms with Gasteiger partial charge >= 0.3 is 0 Å². The van der Waals surface area contributed by atoms with E-state index in [-0.39, 0.29) is 17.7 Å². The highest BCUT2D eigenvalue weighted by molar-refractivity contribution is 5.82. The number of aromatic nitrogens is 1. The van der Waals surface area contributed by atoms with Crippen LogP contribution in [0.25, 0.3) is 0 Å². The van der Waals surface area contributed by atoms with Crippen LogP contribution >= 0.6 is 0 Å². The average Bonchev–Trinajstić information content (AvgIpc) is 3.42. The molecule has 0 spiro atoms. The normalized spacial score (nSPS) is 27.0. The van der Waals surface area contributed by atoms with Crippen LogP contribution in [0.2, 0.25) is 0 Å². The Morgan fingerprint density at radius 1 is 1.36 bits per heavy atom. The molecule has 1 saturated heterocycles. The molecule has 1 aromatic carbocycles. The maximum Gasteiger partial charge on any atom is 0.223 e. The van der Waals surface area contributed by atoms with Gasteiger partial charge in [-0.15, -0.1) is 0 Å². The van der Waals surface area contributed by atoms with Crippen molar-refractivity contribution in [3.8, 4) is 6.07 Å². The van der Waals surface area contributed by atoms with Crippen molar-refractivity contribution in [2.45, 2.75) is 24.4 Å². The molecule has 25 heavy (non-hydrogen) atoms. The van der Waals surface area contributed by atoms with Gasteiger partial charge in [-0.05, 0) is 36.2 Å². The van der Waals surface area contributed by atoms with Crippen LogP contribution < -0.4 is 5.32 Å². The largest absolute Gasteiger partial charge is 0.368 e. The van der Waals surface area contributed by atoms with E-state index in [0.717, 1.165) is 24.1 Å². The van der Waals surface area contributed by atoms with E-state index in [4.69, 9.17) is 10.00 Å². The summed E-state index contributed by atoms with van der Waals surface area (Å²) in [7, 11) is 0. The standard InChI is InChI=1S/C20H19N3O2/c21-12-14-4-3-5-15(10-14)20(7-9-25-20)13-23-19(24)17-11-16(17)18-6-1-2-8-22-18/h1-6,8,10,16-17H,7,9,11,13H2,(H,23,24)/t16?,17?,20-/m1/s1. The molecule has 5 nitrogen and oxygen atoms in total. The van der Waals surface area contributed by atoms with Gasteiger partial charge in [0, 0.05) is 30.1 Å². The van der Waals surface area contributed by atoms with Gasteiger partial charge < -0.3 is 10.1 Å². The molecule has 126 valence electrons. The Hall–Kier alpha value is -2.71. The van der Waals surface area contributed by atoms with E-state index in [1.165, 1.54) is 0 Å². The molecule has 1 N–H and O–H groups in total. The van der Waals surface area contributed by atoms with Crippen molar-refractivity contribution in [3.63, 3.8) is 0 Å². The topological polar surface area (TPSA) is 75.0 Å². The predicted octanol–water partition coefficient (Wildman–Crippen LogP) is 2.49. The summed E-state index contributed by atoms with van der Waals surface area (Å²) in [6, 6.07) is 15.4. The van der Waals surface area contributed by atoms with Gasteiger partial charge in [0.1, 0.15) is 5.60 Å². The molecular formula is C20H19N3O2. The van der Waals surface area contributed by atoms with Gasteiger partial charge in [0.25, 0.3) is 0 Å². The first kappa shape index (κ1) is 15.8. The fourth-order valence-corrected chi connectivity index (χ4v) is 3.46. The van der Waals surface area contributed by atoms with E-state index >= 15 is 0 Å². The lowest BCUT2D eigenvalue weighted by molar-refractivity contribution is -0.155. The lowest BCUT2D eigenvalue weighted by atomic mass is 9.85. The lowest BCUT2D eigenvalue weighted by Gasteiger charge is -2.42. The Labute approximate surface area is 146 Å². The van der Waals surface area contributed by atoms with Crippen LogP contribution in [0.15, 0.2) is 48.7 Å². The Kier molecular flexibility index (Phi) is 3.98. The van der Waals surface area contributed by atoms with Gasteiger partial charge in [-0.2, -0.15) is 5.26 Å². The number of amides is 1. The van der Waals surface area contributed by atoms with E-state index in [1.54, 1.807) is 12.3 Å². The Morgan fingerprint density at radius 2 is 2.24 bits per heavy atom. The average molecular weight is 333 g/mol. The van der Waals surface area contributed by atoms with Crippen molar-refractivity contribution >= 4 is 5.91 Å². The first-order valence-electron chi connectivity index (χ1n) is 8.55. The third kappa shape index (κ3) is 3.01. The molecule has 2 fully saturated rings. The van der Waals surface area contributed by atoms with Crippen LogP contribution in [0.1, 0.15) is 35.6 Å². The van der Waals surface area contributed by atoms with Crippen molar-refractivity contribution in [3.05, 3.63) is 65.5 Å². The molecule has 0 radical (unpaired) electrons. The summed E-state index contributed by atoms with van der Waals surface area (Å²) in [5, 5.41) is 12.1. The Morgan fingerprint density at radius 3 is 2.92 bits per heavy atom. The second kappa shape index (κ2) is 6.30. The van der Waals surface area contributed by atoms with E-state index in [0.29, 0.717) is 18.7 Å². The van der Waals surface area contributed by atoms with E-state index in [1.807, 2.05) is 36.4 Å². The van der Waals surface area contributed by atoms with Gasteiger partial charge in [0.05, 0.1) is 24.8 Å². The van der Waals surface area contributed by atoms with Crippen LogP contribution in [0.4, 0.5) is 0 Å². The number of pyridine rings is 1. The lowest BCUT2D eigenvalue weighted by Crippen LogP contribution is -2.50. The Balaban J connectivity index is 1.40. The summed E-state index contributed by atoms with van der Waals surface area (Å²) in [6.07, 6.45) is 3.46. The van der Waals surface area contributed by atoms with Crippen LogP contribution in [-0.4, -0.2) is 24.0 Å². The van der Waals surface area contributed by atoms with Crippen molar-refractivity contribution in [1.82, 2.24) is 10.3 Å². The first-order chi connectivity index (χ1) is 12.2. The molecule has 2 heterocycles. The maximum atomic E-state index is 12.5. The Bertz CT molecular complexity index is 824. The summed E-state index contributed by atoms with van der Waals surface area (Å²) in [5.41, 5.74) is 2.04. The number of rotatable bonds is 5. The second-order valence-corrected chi connectivity index (χ2v) is 6.71. The number of nitrogens with zero attached hydrogens (tertiary/aromatic N) is 2. The minimum absolute atomic E-state index is 0.00234. The molecule has 4 rings (SSSR count). The number of nitrogens with one attached hydrogen (secondary N) is 1. The number of hydrogen-bond acceptors (Lipinski definition) is 4. The zero-order valence-electron chi connectivity index (χ0n) is 13.8. The quantitative estimate of drug-likeness (QED) is 0.912. The number of carbonyl (C=O) groups is 1. The fraction of sp³-hybridized carbons (Fsp3) is 0.350. The van der Waals surface area contributed by atoms with E-state index < -0.39 is 5.60 Å². The monoisotopic (exact) mass is 333 g/mol. The summed E-state index contributed by atoms with van der Waals surface area (Å²) in [5.74, 6) is 0.279. The van der Waals surface area contributed by atoms with Gasteiger partial charge in [0.15, 0.2) is 0 Å². The molecule has 3 atom stereocenters. The minimum atomic E-state index is -0.502. The molecule has 2 unspecified atom stereocenters. The SMILES string of the molecule is N#Cc1cccc([C@]2(CNC(=O)C3CC3c3ccccn3)CCO2)c1. The van der Waals surface area contributed by atoms with Gasteiger partial charge in [-0.1, -0.05) is 18.2 Å². The fourth-order valence-electron chi connectivity index (χ4n) is 3.46. The zero-order valence-corrected chi connectivity index (χ0v) is 13.8. The van der Waals surface area contributed by atoms with Crippen molar-refractivity contribution < 1.29 is 9.53 Å². The van der Waals surface area contributed by atoms with Crippen molar-refractivity contribution in [1.29, 1.82) is 5.26 Å². The number of ether oxygens (including phenoxy) is 1. The predicted molar refractivity (Wildman–Crippen MR) is 91.5 cm³/mol. The summed E-state index contributed by atoms with van der Waals surface area (Å²) < 4.78 is 5.83. The van der Waals surface area contributed by atoms with E-state index in [2.05, 4.69) is 16.4 Å². The third-order valence-corrected chi connectivity index (χ3v) is 5.15. The van der Waals surface area contributed by atoms with Gasteiger partial charge in [-0.3, -0.25) is 9.78 Å². The summed E-state index contributed by atoms with van der Waals surface area (Å²) in [4.78, 5) is 16.8. The first-order valence-corrected chi connectivity index (χ1v) is 8.55. The molecular weight excluding hydrogens is 314 g/mol. The second-order valence-electron chi connectivity index (χ2n) is 6.71. The highest BCUT2D eigenvalue weighted by Crippen LogP contribution is 2.47. The number of carbonyl (C=O) groups excluding carboxylic acids is 1. The molecule has 1 saturated carbocycles. The summed E-state index contributed by atoms with van der Waals surface area (Å²) >= 11 is 0. The van der Waals surface area contributed by atoms with Gasteiger partial charge in [0.2, 0.25) is 5.91 Å². The minimum Gasteiger partial charge on any atom is -0.368 e. The van der Waals surface area contributed by atoms with E-state index in [9.17, 15) is 4.79 Å². The zero-order chi connectivity index (χ0) is 17.3. The van der Waals surface area contributed by atoms with Crippen LogP contribution in [0, 0.1) is 17.2 Å². The molecule has 1 aliphatic heterocycles. The molecule has 1 amide bonds. The summed E-state index contributed by atoms with van der Waals surface area (Å²) in [6.45, 7) is 1.11. The van der Waals surface area contributed by atoms with Crippen molar-refractivity contribution in [2.24, 2.45) is 5.92 Å². The van der Waals surface area contributed by atoms with Crippen molar-refractivity contribution in [2.75, 3.05) is 13.2 Å². The van der Waals surface area contributed by atoms with Crippen LogP contribution in [-0.2, 0) is 15.1 Å². The molecule has 1 aliphatic carbocycles. The molecule has 2 aromatic rings. The van der Waals surface area contributed by atoms with Gasteiger partial charge in [-0.25, -0.2) is 0 Å². The highest BCUT2D eigenvalue weighted by Gasteiger charge is 2.46. The number of hydrogen-bond donors (Lipinski definition) is 1. The molecule has 1 aromatic heterocycles. The molecule has 0 bridgehead atoms. The van der Waals surface area contributed by atoms with Crippen LogP contribution in [0.5, 0.6) is 0 Å². The molecule has 2 aliphatic rings. The molecule has 5 heteroatoms. The number of nitriles is 1. The third-order valence-electron chi connectivity index (χ3n) is 5.15. The van der Waals surface area contributed by atoms with Crippen LogP contribution in [0.3, 0.4) is 0 Å². The maximum absolute atomic E-state index is 12.5. The number of benzene rings is 1. The smallest absolute Gasteiger partial charge is 0.223 e. The highest BCUT2D eigenvalue weighted by atomic mass is 16.5.